The number of rotatable bonds is 3. The van der Waals surface area contributed by atoms with E-state index >= 15 is 0 Å². The molecule has 1 heterocycles. The molecule has 2 rings (SSSR count). The zero-order valence-electron chi connectivity index (χ0n) is 10.6. The van der Waals surface area contributed by atoms with Gasteiger partial charge < -0.3 is 5.32 Å². The molecular formula is C14H20N2O. The molecule has 1 aliphatic heterocycles. The SMILES string of the molecule is Cc1cccc(CNC(=O)C2CCCN2C)c1. The van der Waals surface area contributed by atoms with Gasteiger partial charge in [-0.15, -0.1) is 0 Å². The predicted molar refractivity (Wildman–Crippen MR) is 68.7 cm³/mol. The molecule has 92 valence electrons. The van der Waals surface area contributed by atoms with Crippen LogP contribution in [-0.4, -0.2) is 30.4 Å². The second-order valence-corrected chi connectivity index (χ2v) is 4.85. The van der Waals surface area contributed by atoms with Gasteiger partial charge in [-0.05, 0) is 38.9 Å². The highest BCUT2D eigenvalue weighted by Crippen LogP contribution is 2.14. The molecule has 1 saturated heterocycles. The summed E-state index contributed by atoms with van der Waals surface area (Å²) < 4.78 is 0. The standard InChI is InChI=1S/C14H20N2O/c1-11-5-3-6-12(9-11)10-15-14(17)13-7-4-8-16(13)2/h3,5-6,9,13H,4,7-8,10H2,1-2H3,(H,15,17). The summed E-state index contributed by atoms with van der Waals surface area (Å²) in [7, 11) is 2.02. The second-order valence-electron chi connectivity index (χ2n) is 4.85. The Hall–Kier alpha value is -1.35. The van der Waals surface area contributed by atoms with Crippen molar-refractivity contribution < 1.29 is 4.79 Å². The molecule has 1 N–H and O–H groups in total. The van der Waals surface area contributed by atoms with E-state index in [0.717, 1.165) is 19.4 Å². The molecular weight excluding hydrogens is 212 g/mol. The quantitative estimate of drug-likeness (QED) is 0.860. The number of likely N-dealkylation sites (tertiary alicyclic amines) is 1. The highest BCUT2D eigenvalue weighted by atomic mass is 16.2. The van der Waals surface area contributed by atoms with Crippen molar-refractivity contribution in [2.75, 3.05) is 13.6 Å². The maximum absolute atomic E-state index is 12.0. The average molecular weight is 232 g/mol. The molecule has 0 aromatic heterocycles. The average Bonchev–Trinajstić information content (AvgIpc) is 2.72. The number of carbonyl (C=O) groups is 1. The van der Waals surface area contributed by atoms with Gasteiger partial charge in [-0.2, -0.15) is 0 Å². The van der Waals surface area contributed by atoms with Crippen molar-refractivity contribution in [3.05, 3.63) is 35.4 Å². The summed E-state index contributed by atoms with van der Waals surface area (Å²) in [6, 6.07) is 8.32. The summed E-state index contributed by atoms with van der Waals surface area (Å²) >= 11 is 0. The van der Waals surface area contributed by atoms with E-state index < -0.39 is 0 Å². The van der Waals surface area contributed by atoms with Crippen LogP contribution in [0.1, 0.15) is 24.0 Å². The Morgan fingerprint density at radius 1 is 1.53 bits per heavy atom. The lowest BCUT2D eigenvalue weighted by Gasteiger charge is -2.18. The van der Waals surface area contributed by atoms with Crippen LogP contribution in [-0.2, 0) is 11.3 Å². The summed E-state index contributed by atoms with van der Waals surface area (Å²) in [5.41, 5.74) is 2.40. The van der Waals surface area contributed by atoms with Crippen LogP contribution in [0.2, 0.25) is 0 Å². The van der Waals surface area contributed by atoms with Gasteiger partial charge in [-0.25, -0.2) is 0 Å². The summed E-state index contributed by atoms with van der Waals surface area (Å²) in [6.07, 6.45) is 2.11. The number of hydrogen-bond acceptors (Lipinski definition) is 2. The van der Waals surface area contributed by atoms with Gasteiger partial charge in [-0.1, -0.05) is 29.8 Å². The first-order valence-electron chi connectivity index (χ1n) is 6.20. The molecule has 0 saturated carbocycles. The lowest BCUT2D eigenvalue weighted by molar-refractivity contribution is -0.125. The first kappa shape index (κ1) is 12.1. The highest BCUT2D eigenvalue weighted by molar-refractivity contribution is 5.81. The largest absolute Gasteiger partial charge is 0.351 e. The highest BCUT2D eigenvalue weighted by Gasteiger charge is 2.27. The topological polar surface area (TPSA) is 32.3 Å². The molecule has 3 nitrogen and oxygen atoms in total. The van der Waals surface area contributed by atoms with Gasteiger partial charge in [0.1, 0.15) is 0 Å². The monoisotopic (exact) mass is 232 g/mol. The van der Waals surface area contributed by atoms with Crippen LogP contribution < -0.4 is 5.32 Å². The molecule has 0 aliphatic carbocycles. The zero-order valence-corrected chi connectivity index (χ0v) is 10.6. The van der Waals surface area contributed by atoms with Crippen LogP contribution in [0.15, 0.2) is 24.3 Å². The van der Waals surface area contributed by atoms with Crippen LogP contribution in [0.3, 0.4) is 0 Å². The van der Waals surface area contributed by atoms with Crippen molar-refractivity contribution >= 4 is 5.91 Å². The normalized spacial score (nSPS) is 20.5. The second kappa shape index (κ2) is 5.32. The number of hydrogen-bond donors (Lipinski definition) is 1. The molecule has 0 spiro atoms. The van der Waals surface area contributed by atoms with Crippen molar-refractivity contribution in [1.29, 1.82) is 0 Å². The van der Waals surface area contributed by atoms with Crippen LogP contribution in [0, 0.1) is 6.92 Å². The van der Waals surface area contributed by atoms with E-state index in [4.69, 9.17) is 0 Å². The Morgan fingerprint density at radius 3 is 3.00 bits per heavy atom. The van der Waals surface area contributed by atoms with Gasteiger partial charge >= 0.3 is 0 Å². The number of likely N-dealkylation sites (N-methyl/N-ethyl adjacent to an activating group) is 1. The molecule has 1 aliphatic rings. The lowest BCUT2D eigenvalue weighted by Crippen LogP contribution is -2.41. The molecule has 1 atom stereocenters. The van der Waals surface area contributed by atoms with E-state index in [-0.39, 0.29) is 11.9 Å². The van der Waals surface area contributed by atoms with E-state index in [1.165, 1.54) is 11.1 Å². The Bertz CT molecular complexity index is 403. The third-order valence-corrected chi connectivity index (χ3v) is 3.37. The third kappa shape index (κ3) is 3.07. The van der Waals surface area contributed by atoms with Crippen molar-refractivity contribution in [3.63, 3.8) is 0 Å². The van der Waals surface area contributed by atoms with Crippen molar-refractivity contribution in [3.8, 4) is 0 Å². The molecule has 1 fully saturated rings. The fraction of sp³-hybridized carbons (Fsp3) is 0.500. The van der Waals surface area contributed by atoms with Crippen LogP contribution in [0.5, 0.6) is 0 Å². The molecule has 17 heavy (non-hydrogen) atoms. The number of nitrogens with zero attached hydrogens (tertiary/aromatic N) is 1. The van der Waals surface area contributed by atoms with E-state index in [0.29, 0.717) is 6.54 Å². The van der Waals surface area contributed by atoms with Crippen molar-refractivity contribution in [2.24, 2.45) is 0 Å². The van der Waals surface area contributed by atoms with Gasteiger partial charge in [-0.3, -0.25) is 9.69 Å². The minimum absolute atomic E-state index is 0.0693. The minimum atomic E-state index is 0.0693. The minimum Gasteiger partial charge on any atom is -0.351 e. The molecule has 1 unspecified atom stereocenters. The molecule has 1 amide bonds. The Morgan fingerprint density at radius 2 is 2.35 bits per heavy atom. The molecule has 3 heteroatoms. The van der Waals surface area contributed by atoms with Gasteiger partial charge in [0.2, 0.25) is 5.91 Å². The molecule has 1 aromatic rings. The maximum Gasteiger partial charge on any atom is 0.237 e. The Balaban J connectivity index is 1.88. The molecule has 0 bridgehead atoms. The Labute approximate surface area is 103 Å². The van der Waals surface area contributed by atoms with Gasteiger partial charge in [0.25, 0.3) is 0 Å². The first-order chi connectivity index (χ1) is 8.16. The number of nitrogens with one attached hydrogen (secondary N) is 1. The fourth-order valence-electron chi connectivity index (χ4n) is 2.37. The van der Waals surface area contributed by atoms with Crippen molar-refractivity contribution in [2.45, 2.75) is 32.4 Å². The maximum atomic E-state index is 12.0. The summed E-state index contributed by atoms with van der Waals surface area (Å²) in [6.45, 7) is 3.73. The summed E-state index contributed by atoms with van der Waals surface area (Å²) in [5, 5.41) is 3.02. The van der Waals surface area contributed by atoms with E-state index in [1.807, 2.05) is 19.2 Å². The van der Waals surface area contributed by atoms with Crippen LogP contribution in [0.4, 0.5) is 0 Å². The number of amides is 1. The Kier molecular flexibility index (Phi) is 3.79. The van der Waals surface area contributed by atoms with E-state index in [1.54, 1.807) is 0 Å². The first-order valence-corrected chi connectivity index (χ1v) is 6.20. The smallest absolute Gasteiger partial charge is 0.237 e. The molecule has 1 aromatic carbocycles. The predicted octanol–water partition coefficient (Wildman–Crippen LogP) is 1.71. The van der Waals surface area contributed by atoms with Gasteiger partial charge in [0.15, 0.2) is 0 Å². The van der Waals surface area contributed by atoms with E-state index in [9.17, 15) is 4.79 Å². The van der Waals surface area contributed by atoms with Crippen LogP contribution >= 0.6 is 0 Å². The third-order valence-electron chi connectivity index (χ3n) is 3.37. The van der Waals surface area contributed by atoms with Gasteiger partial charge in [0, 0.05) is 6.54 Å². The zero-order chi connectivity index (χ0) is 12.3. The fourth-order valence-corrected chi connectivity index (χ4v) is 2.37. The van der Waals surface area contributed by atoms with Crippen LogP contribution in [0.25, 0.3) is 0 Å². The summed E-state index contributed by atoms with van der Waals surface area (Å²) in [5.74, 6) is 0.159. The number of carbonyl (C=O) groups excluding carboxylic acids is 1. The van der Waals surface area contributed by atoms with Crippen molar-refractivity contribution in [1.82, 2.24) is 10.2 Å². The summed E-state index contributed by atoms with van der Waals surface area (Å²) in [4.78, 5) is 14.1. The lowest BCUT2D eigenvalue weighted by atomic mass is 10.1. The molecule has 0 radical (unpaired) electrons. The van der Waals surface area contributed by atoms with Gasteiger partial charge in [0.05, 0.1) is 6.04 Å². The number of aryl methyl sites for hydroxylation is 1. The number of benzene rings is 1. The van der Waals surface area contributed by atoms with E-state index in [2.05, 4.69) is 29.3 Å².